The van der Waals surface area contributed by atoms with Gasteiger partial charge >= 0.3 is 0 Å². The van der Waals surface area contributed by atoms with Crippen molar-refractivity contribution in [3.05, 3.63) is 51.2 Å². The first-order valence-corrected chi connectivity index (χ1v) is 7.60. The fraction of sp³-hybridized carbons (Fsp3) is 0.312. The van der Waals surface area contributed by atoms with Gasteiger partial charge in [0.25, 0.3) is 5.91 Å². The van der Waals surface area contributed by atoms with E-state index in [1.165, 1.54) is 35.3 Å². The Bertz CT molecular complexity index is 615. The van der Waals surface area contributed by atoms with Gasteiger partial charge in [-0.05, 0) is 66.8 Å². The Kier molecular flexibility index (Phi) is 3.38. The molecule has 3 rings (SSSR count). The minimum absolute atomic E-state index is 0.0199. The third-order valence-corrected chi connectivity index (χ3v) is 4.73. The van der Waals surface area contributed by atoms with Crippen molar-refractivity contribution >= 4 is 22.9 Å². The minimum atomic E-state index is 0.0199. The van der Waals surface area contributed by atoms with E-state index < -0.39 is 0 Å². The van der Waals surface area contributed by atoms with E-state index >= 15 is 0 Å². The molecule has 0 bridgehead atoms. The molecular formula is C16H17NOS. The Balaban J connectivity index is 1.88. The van der Waals surface area contributed by atoms with Crippen molar-refractivity contribution in [3.8, 4) is 0 Å². The second kappa shape index (κ2) is 5.17. The SMILES string of the molecule is Cc1ccsc1C(=O)Nc1cccc2c1CCCC2. The lowest BCUT2D eigenvalue weighted by Crippen LogP contribution is -2.15. The number of fused-ring (bicyclic) bond motifs is 1. The maximum atomic E-state index is 12.3. The topological polar surface area (TPSA) is 29.1 Å². The molecule has 0 aliphatic heterocycles. The number of anilines is 1. The van der Waals surface area contributed by atoms with E-state index in [9.17, 15) is 4.79 Å². The van der Waals surface area contributed by atoms with Crippen LogP contribution in [0.3, 0.4) is 0 Å². The van der Waals surface area contributed by atoms with Crippen LogP contribution in [-0.2, 0) is 12.8 Å². The van der Waals surface area contributed by atoms with Gasteiger partial charge in [0.2, 0.25) is 0 Å². The third kappa shape index (κ3) is 2.43. The molecule has 0 saturated carbocycles. The zero-order valence-corrected chi connectivity index (χ0v) is 11.8. The van der Waals surface area contributed by atoms with Crippen molar-refractivity contribution in [2.75, 3.05) is 5.32 Å². The lowest BCUT2D eigenvalue weighted by atomic mass is 9.90. The zero-order chi connectivity index (χ0) is 13.2. The largest absolute Gasteiger partial charge is 0.321 e. The number of nitrogens with one attached hydrogen (secondary N) is 1. The first-order chi connectivity index (χ1) is 9.25. The highest BCUT2D eigenvalue weighted by Gasteiger charge is 2.16. The molecule has 1 aliphatic rings. The van der Waals surface area contributed by atoms with E-state index in [1.807, 2.05) is 30.5 Å². The first kappa shape index (κ1) is 12.4. The Hall–Kier alpha value is -1.61. The molecular weight excluding hydrogens is 254 g/mol. The van der Waals surface area contributed by atoms with Gasteiger partial charge < -0.3 is 5.32 Å². The Labute approximate surface area is 117 Å². The Morgan fingerprint density at radius 1 is 1.21 bits per heavy atom. The molecule has 19 heavy (non-hydrogen) atoms. The number of hydrogen-bond acceptors (Lipinski definition) is 2. The van der Waals surface area contributed by atoms with Crippen molar-refractivity contribution in [3.63, 3.8) is 0 Å². The molecule has 0 atom stereocenters. The molecule has 1 amide bonds. The maximum absolute atomic E-state index is 12.3. The van der Waals surface area contributed by atoms with E-state index in [0.717, 1.165) is 29.0 Å². The molecule has 1 aromatic heterocycles. The maximum Gasteiger partial charge on any atom is 0.266 e. The highest BCUT2D eigenvalue weighted by molar-refractivity contribution is 7.12. The van der Waals surface area contributed by atoms with E-state index in [4.69, 9.17) is 0 Å². The number of carbonyl (C=O) groups excluding carboxylic acids is 1. The van der Waals surface area contributed by atoms with Gasteiger partial charge in [0, 0.05) is 5.69 Å². The molecule has 1 aliphatic carbocycles. The number of benzene rings is 1. The van der Waals surface area contributed by atoms with Crippen molar-refractivity contribution < 1.29 is 4.79 Å². The van der Waals surface area contributed by atoms with Crippen molar-refractivity contribution in [2.24, 2.45) is 0 Å². The van der Waals surface area contributed by atoms with Crippen LogP contribution in [0.5, 0.6) is 0 Å². The molecule has 98 valence electrons. The summed E-state index contributed by atoms with van der Waals surface area (Å²) in [5, 5.41) is 5.05. The molecule has 0 saturated heterocycles. The molecule has 1 aromatic carbocycles. The predicted molar refractivity (Wildman–Crippen MR) is 80.1 cm³/mol. The molecule has 2 nitrogen and oxygen atoms in total. The molecule has 0 fully saturated rings. The summed E-state index contributed by atoms with van der Waals surface area (Å²) in [6.45, 7) is 1.98. The molecule has 2 aromatic rings. The van der Waals surface area contributed by atoms with Gasteiger partial charge in [-0.15, -0.1) is 11.3 Å². The minimum Gasteiger partial charge on any atom is -0.321 e. The van der Waals surface area contributed by atoms with Gasteiger partial charge in [-0.25, -0.2) is 0 Å². The molecule has 1 N–H and O–H groups in total. The van der Waals surface area contributed by atoms with E-state index in [-0.39, 0.29) is 5.91 Å². The number of amides is 1. The van der Waals surface area contributed by atoms with Gasteiger partial charge in [-0.1, -0.05) is 12.1 Å². The molecule has 0 spiro atoms. The summed E-state index contributed by atoms with van der Waals surface area (Å²) >= 11 is 1.50. The number of carbonyl (C=O) groups is 1. The van der Waals surface area contributed by atoms with Crippen LogP contribution < -0.4 is 5.32 Å². The van der Waals surface area contributed by atoms with Crippen LogP contribution >= 0.6 is 11.3 Å². The standard InChI is InChI=1S/C16H17NOS/c1-11-9-10-19-15(11)16(18)17-14-8-4-6-12-5-2-3-7-13(12)14/h4,6,8-10H,2-3,5,7H2,1H3,(H,17,18). The molecule has 0 radical (unpaired) electrons. The molecule has 1 heterocycles. The number of rotatable bonds is 2. The third-order valence-electron chi connectivity index (χ3n) is 3.71. The smallest absolute Gasteiger partial charge is 0.266 e. The summed E-state index contributed by atoms with van der Waals surface area (Å²) in [6.07, 6.45) is 4.69. The quantitative estimate of drug-likeness (QED) is 0.872. The van der Waals surface area contributed by atoms with Crippen LogP contribution in [0.15, 0.2) is 29.6 Å². The zero-order valence-electron chi connectivity index (χ0n) is 11.0. The normalized spacial score (nSPS) is 13.9. The van der Waals surface area contributed by atoms with E-state index in [2.05, 4.69) is 11.4 Å². The highest BCUT2D eigenvalue weighted by atomic mass is 32.1. The van der Waals surface area contributed by atoms with Gasteiger partial charge in [0.1, 0.15) is 0 Å². The number of thiophene rings is 1. The number of aryl methyl sites for hydroxylation is 2. The summed E-state index contributed by atoms with van der Waals surface area (Å²) in [7, 11) is 0. The van der Waals surface area contributed by atoms with Crippen molar-refractivity contribution in [1.29, 1.82) is 0 Å². The monoisotopic (exact) mass is 271 g/mol. The van der Waals surface area contributed by atoms with Crippen LogP contribution in [0.4, 0.5) is 5.69 Å². The summed E-state index contributed by atoms with van der Waals surface area (Å²) in [5.41, 5.74) is 4.77. The Morgan fingerprint density at radius 2 is 2.05 bits per heavy atom. The summed E-state index contributed by atoms with van der Waals surface area (Å²) in [6, 6.07) is 8.23. The average Bonchev–Trinajstić information content (AvgIpc) is 2.85. The average molecular weight is 271 g/mol. The fourth-order valence-corrected chi connectivity index (χ4v) is 3.50. The second-order valence-corrected chi connectivity index (χ2v) is 5.95. The van der Waals surface area contributed by atoms with Gasteiger partial charge in [-0.2, -0.15) is 0 Å². The molecule has 0 unspecified atom stereocenters. The second-order valence-electron chi connectivity index (χ2n) is 5.04. The first-order valence-electron chi connectivity index (χ1n) is 6.72. The van der Waals surface area contributed by atoms with Crippen LogP contribution in [-0.4, -0.2) is 5.91 Å². The summed E-state index contributed by atoms with van der Waals surface area (Å²) in [5.74, 6) is 0.0199. The Morgan fingerprint density at radius 3 is 2.84 bits per heavy atom. The summed E-state index contributed by atoms with van der Waals surface area (Å²) in [4.78, 5) is 13.1. The van der Waals surface area contributed by atoms with Crippen LogP contribution in [0.25, 0.3) is 0 Å². The number of hydrogen-bond donors (Lipinski definition) is 1. The summed E-state index contributed by atoms with van der Waals surface area (Å²) < 4.78 is 0. The van der Waals surface area contributed by atoms with Crippen molar-refractivity contribution in [2.45, 2.75) is 32.6 Å². The van der Waals surface area contributed by atoms with Crippen molar-refractivity contribution in [1.82, 2.24) is 0 Å². The predicted octanol–water partition coefficient (Wildman–Crippen LogP) is 4.19. The fourth-order valence-electron chi connectivity index (χ4n) is 2.68. The van der Waals surface area contributed by atoms with Crippen LogP contribution in [0.1, 0.15) is 39.2 Å². The van der Waals surface area contributed by atoms with Gasteiger partial charge in [-0.3, -0.25) is 4.79 Å². The van der Waals surface area contributed by atoms with Crippen LogP contribution in [0.2, 0.25) is 0 Å². The lowest BCUT2D eigenvalue weighted by molar-refractivity contribution is 0.103. The van der Waals surface area contributed by atoms with E-state index in [0.29, 0.717) is 0 Å². The highest BCUT2D eigenvalue weighted by Crippen LogP contribution is 2.28. The van der Waals surface area contributed by atoms with Gasteiger partial charge in [0.05, 0.1) is 4.88 Å². The van der Waals surface area contributed by atoms with Crippen LogP contribution in [0, 0.1) is 6.92 Å². The molecule has 3 heteroatoms. The van der Waals surface area contributed by atoms with E-state index in [1.54, 1.807) is 0 Å². The van der Waals surface area contributed by atoms with Gasteiger partial charge in [0.15, 0.2) is 0 Å². The lowest BCUT2D eigenvalue weighted by Gasteiger charge is -2.19.